The second-order valence-electron chi connectivity index (χ2n) is 6.43. The fraction of sp³-hybridized carbons (Fsp3) is 0.389. The van der Waals surface area contributed by atoms with Gasteiger partial charge in [-0.3, -0.25) is 4.79 Å². The first-order valence-corrected chi connectivity index (χ1v) is 8.41. The van der Waals surface area contributed by atoms with Gasteiger partial charge < -0.3 is 4.90 Å². The summed E-state index contributed by atoms with van der Waals surface area (Å²) in [6.45, 7) is 3.51. The highest BCUT2D eigenvalue weighted by molar-refractivity contribution is 5.83. The van der Waals surface area contributed by atoms with Crippen LogP contribution in [0.25, 0.3) is 16.6 Å². The zero-order valence-electron chi connectivity index (χ0n) is 13.7. The quantitative estimate of drug-likeness (QED) is 0.724. The molecular formula is C18H20N4O2. The Labute approximate surface area is 139 Å². The topological polar surface area (TPSA) is 59.6 Å². The summed E-state index contributed by atoms with van der Waals surface area (Å²) >= 11 is 0. The Kier molecular flexibility index (Phi) is 3.59. The highest BCUT2D eigenvalue weighted by Gasteiger charge is 2.20. The van der Waals surface area contributed by atoms with E-state index >= 15 is 0 Å². The Morgan fingerprint density at radius 1 is 1.17 bits per heavy atom. The molecular weight excluding hydrogens is 304 g/mol. The molecule has 0 aliphatic carbocycles. The first-order chi connectivity index (χ1) is 11.6. The van der Waals surface area contributed by atoms with Crippen LogP contribution in [0.15, 0.2) is 35.1 Å². The molecule has 4 rings (SSSR count). The minimum Gasteiger partial charge on any atom is -0.341 e. The molecule has 1 fully saturated rings. The second-order valence-corrected chi connectivity index (χ2v) is 6.43. The van der Waals surface area contributed by atoms with Crippen molar-refractivity contribution in [1.82, 2.24) is 19.1 Å². The SMILES string of the molecule is Cc1cc2ccccc2n2c(=O)n(CC(=O)N3CCCCC3)nc12. The molecule has 2 aromatic heterocycles. The van der Waals surface area contributed by atoms with Gasteiger partial charge in [0.05, 0.1) is 5.52 Å². The fourth-order valence-corrected chi connectivity index (χ4v) is 3.47. The smallest absolute Gasteiger partial charge is 0.341 e. The number of aryl methyl sites for hydroxylation is 1. The van der Waals surface area contributed by atoms with Gasteiger partial charge in [-0.2, -0.15) is 0 Å². The van der Waals surface area contributed by atoms with Crippen LogP contribution in [-0.2, 0) is 11.3 Å². The number of carbonyl (C=O) groups is 1. The summed E-state index contributed by atoms with van der Waals surface area (Å²) in [4.78, 5) is 27.1. The third-order valence-corrected chi connectivity index (χ3v) is 4.74. The van der Waals surface area contributed by atoms with Gasteiger partial charge in [-0.1, -0.05) is 18.2 Å². The number of carbonyl (C=O) groups excluding carboxylic acids is 1. The summed E-state index contributed by atoms with van der Waals surface area (Å²) in [7, 11) is 0. The molecule has 1 aliphatic heterocycles. The molecule has 6 nitrogen and oxygen atoms in total. The van der Waals surface area contributed by atoms with Crippen LogP contribution in [0.1, 0.15) is 24.8 Å². The lowest BCUT2D eigenvalue weighted by Gasteiger charge is -2.26. The van der Waals surface area contributed by atoms with Crippen LogP contribution in [0, 0.1) is 6.92 Å². The predicted molar refractivity (Wildman–Crippen MR) is 92.1 cm³/mol. The molecule has 0 radical (unpaired) electrons. The average molecular weight is 324 g/mol. The van der Waals surface area contributed by atoms with E-state index in [1.54, 1.807) is 4.40 Å². The largest absolute Gasteiger partial charge is 0.351 e. The molecule has 1 saturated heterocycles. The van der Waals surface area contributed by atoms with Crippen LogP contribution >= 0.6 is 0 Å². The molecule has 3 aromatic rings. The summed E-state index contributed by atoms with van der Waals surface area (Å²) in [6.07, 6.45) is 3.24. The van der Waals surface area contributed by atoms with Crippen LogP contribution in [0.5, 0.6) is 0 Å². The molecule has 0 saturated carbocycles. The van der Waals surface area contributed by atoms with E-state index in [9.17, 15) is 9.59 Å². The number of hydrogen-bond donors (Lipinski definition) is 0. The minimum absolute atomic E-state index is 0.00821. The highest BCUT2D eigenvalue weighted by atomic mass is 16.2. The number of likely N-dealkylation sites (tertiary alicyclic amines) is 1. The zero-order chi connectivity index (χ0) is 16.7. The van der Waals surface area contributed by atoms with Gasteiger partial charge in [0.25, 0.3) is 0 Å². The molecule has 1 amide bonds. The van der Waals surface area contributed by atoms with E-state index in [0.717, 1.165) is 42.4 Å². The monoisotopic (exact) mass is 324 g/mol. The lowest BCUT2D eigenvalue weighted by Crippen LogP contribution is -2.39. The summed E-state index contributed by atoms with van der Waals surface area (Å²) in [5, 5.41) is 5.41. The molecule has 6 heteroatoms. The number of para-hydroxylation sites is 1. The lowest BCUT2D eigenvalue weighted by atomic mass is 10.1. The number of pyridine rings is 1. The normalized spacial score (nSPS) is 15.3. The maximum Gasteiger partial charge on any atom is 0.351 e. The van der Waals surface area contributed by atoms with E-state index in [4.69, 9.17) is 0 Å². The van der Waals surface area contributed by atoms with Crippen molar-refractivity contribution in [1.29, 1.82) is 0 Å². The summed E-state index contributed by atoms with van der Waals surface area (Å²) in [6, 6.07) is 9.75. The van der Waals surface area contributed by atoms with Crippen molar-refractivity contribution in [3.63, 3.8) is 0 Å². The third kappa shape index (κ3) is 2.38. The van der Waals surface area contributed by atoms with Crippen molar-refractivity contribution in [3.05, 3.63) is 46.4 Å². The van der Waals surface area contributed by atoms with E-state index in [2.05, 4.69) is 5.10 Å². The van der Waals surface area contributed by atoms with Gasteiger partial charge in [-0.15, -0.1) is 5.10 Å². The maximum absolute atomic E-state index is 12.8. The summed E-state index contributed by atoms with van der Waals surface area (Å²) in [5.74, 6) is -0.0258. The second kappa shape index (κ2) is 5.78. The molecule has 24 heavy (non-hydrogen) atoms. The Hall–Kier alpha value is -2.63. The molecule has 0 spiro atoms. The van der Waals surface area contributed by atoms with Crippen LogP contribution in [-0.4, -0.2) is 38.1 Å². The van der Waals surface area contributed by atoms with Gasteiger partial charge >= 0.3 is 5.69 Å². The molecule has 0 atom stereocenters. The van der Waals surface area contributed by atoms with Gasteiger partial charge in [0, 0.05) is 13.1 Å². The minimum atomic E-state index is -0.254. The molecule has 3 heterocycles. The summed E-state index contributed by atoms with van der Waals surface area (Å²) < 4.78 is 2.90. The van der Waals surface area contributed by atoms with E-state index in [0.29, 0.717) is 5.65 Å². The van der Waals surface area contributed by atoms with Crippen molar-refractivity contribution in [2.75, 3.05) is 13.1 Å². The number of rotatable bonds is 2. The van der Waals surface area contributed by atoms with Crippen LogP contribution in [0.4, 0.5) is 0 Å². The lowest BCUT2D eigenvalue weighted by molar-refractivity contribution is -0.132. The Morgan fingerprint density at radius 3 is 2.71 bits per heavy atom. The van der Waals surface area contributed by atoms with Gasteiger partial charge in [-0.05, 0) is 49.3 Å². The molecule has 1 aliphatic rings. The van der Waals surface area contributed by atoms with Crippen molar-refractivity contribution in [2.45, 2.75) is 32.7 Å². The standard InChI is InChI=1S/C18H20N4O2/c1-13-11-14-7-3-4-8-15(14)22-17(13)19-21(18(22)24)12-16(23)20-9-5-2-6-10-20/h3-4,7-8,11H,2,5-6,9-10,12H2,1H3. The van der Waals surface area contributed by atoms with Crippen LogP contribution in [0.2, 0.25) is 0 Å². The van der Waals surface area contributed by atoms with Gasteiger partial charge in [0.1, 0.15) is 6.54 Å². The van der Waals surface area contributed by atoms with Gasteiger partial charge in [0.15, 0.2) is 5.65 Å². The van der Waals surface area contributed by atoms with E-state index in [-0.39, 0.29) is 18.1 Å². The number of fused-ring (bicyclic) bond motifs is 3. The van der Waals surface area contributed by atoms with Crippen molar-refractivity contribution < 1.29 is 4.79 Å². The molecule has 0 bridgehead atoms. The first kappa shape index (κ1) is 14.9. The number of nitrogens with zero attached hydrogens (tertiary/aromatic N) is 4. The molecule has 124 valence electrons. The first-order valence-electron chi connectivity index (χ1n) is 8.41. The average Bonchev–Trinajstić information content (AvgIpc) is 2.93. The summed E-state index contributed by atoms with van der Waals surface area (Å²) in [5.41, 5.74) is 2.11. The van der Waals surface area contributed by atoms with E-state index in [1.807, 2.05) is 42.2 Å². The zero-order valence-corrected chi connectivity index (χ0v) is 13.7. The number of aromatic nitrogens is 3. The third-order valence-electron chi connectivity index (χ3n) is 4.74. The number of piperidine rings is 1. The highest BCUT2D eigenvalue weighted by Crippen LogP contribution is 2.18. The number of amides is 1. The van der Waals surface area contributed by atoms with Crippen LogP contribution < -0.4 is 5.69 Å². The Bertz CT molecular complexity index is 980. The maximum atomic E-state index is 12.8. The van der Waals surface area contributed by atoms with Crippen molar-refractivity contribution >= 4 is 22.5 Å². The predicted octanol–water partition coefficient (Wildman–Crippen LogP) is 1.97. The van der Waals surface area contributed by atoms with E-state index in [1.165, 1.54) is 11.1 Å². The molecule has 1 aromatic carbocycles. The van der Waals surface area contributed by atoms with E-state index < -0.39 is 0 Å². The number of hydrogen-bond acceptors (Lipinski definition) is 3. The Morgan fingerprint density at radius 2 is 1.92 bits per heavy atom. The Balaban J connectivity index is 1.78. The fourth-order valence-electron chi connectivity index (χ4n) is 3.47. The van der Waals surface area contributed by atoms with Crippen molar-refractivity contribution in [2.24, 2.45) is 0 Å². The van der Waals surface area contributed by atoms with Crippen molar-refractivity contribution in [3.8, 4) is 0 Å². The van der Waals surface area contributed by atoms with Crippen LogP contribution in [0.3, 0.4) is 0 Å². The molecule has 0 N–H and O–H groups in total. The number of benzene rings is 1. The van der Waals surface area contributed by atoms with Gasteiger partial charge in [-0.25, -0.2) is 13.9 Å². The van der Waals surface area contributed by atoms with Gasteiger partial charge in [0.2, 0.25) is 5.91 Å². The molecule has 0 unspecified atom stereocenters.